The van der Waals surface area contributed by atoms with Crippen LogP contribution in [-0.2, 0) is 0 Å². The van der Waals surface area contributed by atoms with Crippen molar-refractivity contribution in [1.29, 1.82) is 0 Å². The first-order valence-electron chi connectivity index (χ1n) is 5.04. The van der Waals surface area contributed by atoms with Crippen LogP contribution in [0.1, 0.15) is 30.1 Å². The van der Waals surface area contributed by atoms with E-state index in [1.54, 1.807) is 18.0 Å². The van der Waals surface area contributed by atoms with Crippen molar-refractivity contribution in [1.82, 2.24) is 4.98 Å². The van der Waals surface area contributed by atoms with E-state index >= 15 is 0 Å². The van der Waals surface area contributed by atoms with E-state index in [-0.39, 0.29) is 0 Å². The van der Waals surface area contributed by atoms with Crippen molar-refractivity contribution in [3.63, 3.8) is 0 Å². The van der Waals surface area contributed by atoms with Crippen LogP contribution in [-0.4, -0.2) is 22.1 Å². The van der Waals surface area contributed by atoms with E-state index < -0.39 is 6.10 Å². The summed E-state index contributed by atoms with van der Waals surface area (Å²) in [7, 11) is 0. The topological polar surface area (TPSA) is 59.1 Å². The fourth-order valence-electron chi connectivity index (χ4n) is 1.59. The monoisotopic (exact) mass is 226 g/mol. The molecule has 0 bridgehead atoms. The third kappa shape index (κ3) is 3.39. The predicted molar refractivity (Wildman–Crippen MR) is 66.0 cm³/mol. The minimum absolute atomic E-state index is 0.451. The van der Waals surface area contributed by atoms with Gasteiger partial charge in [-0.15, -0.1) is 0 Å². The van der Waals surface area contributed by atoms with Crippen molar-refractivity contribution in [2.45, 2.75) is 25.9 Å². The third-order valence-corrected chi connectivity index (χ3v) is 3.10. The van der Waals surface area contributed by atoms with Gasteiger partial charge in [0.25, 0.3) is 0 Å². The molecule has 3 N–H and O–H groups in total. The number of hydrogen-bond donors (Lipinski definition) is 2. The van der Waals surface area contributed by atoms with Gasteiger partial charge in [0, 0.05) is 11.8 Å². The van der Waals surface area contributed by atoms with Crippen LogP contribution in [0.15, 0.2) is 12.3 Å². The summed E-state index contributed by atoms with van der Waals surface area (Å²) in [5.41, 5.74) is 7.55. The third-order valence-electron chi connectivity index (χ3n) is 2.40. The van der Waals surface area contributed by atoms with E-state index in [1.807, 2.05) is 13.0 Å². The molecule has 1 rings (SSSR count). The first-order valence-corrected chi connectivity index (χ1v) is 6.44. The Morgan fingerprint density at radius 3 is 2.93 bits per heavy atom. The van der Waals surface area contributed by atoms with E-state index in [1.165, 1.54) is 0 Å². The van der Waals surface area contributed by atoms with Gasteiger partial charge >= 0.3 is 0 Å². The number of aromatic nitrogens is 1. The van der Waals surface area contributed by atoms with Crippen molar-refractivity contribution in [3.8, 4) is 0 Å². The van der Waals surface area contributed by atoms with Crippen LogP contribution in [0.4, 0.5) is 5.82 Å². The molecule has 15 heavy (non-hydrogen) atoms. The molecule has 0 radical (unpaired) electrons. The van der Waals surface area contributed by atoms with Crippen LogP contribution in [0.25, 0.3) is 0 Å². The Morgan fingerprint density at radius 2 is 2.33 bits per heavy atom. The molecule has 0 aliphatic carbocycles. The molecule has 1 atom stereocenters. The molecule has 0 saturated heterocycles. The Labute approximate surface area is 95.1 Å². The maximum Gasteiger partial charge on any atom is 0.129 e. The van der Waals surface area contributed by atoms with Crippen molar-refractivity contribution >= 4 is 17.6 Å². The molecule has 84 valence electrons. The first kappa shape index (κ1) is 12.3. The second-order valence-corrected chi connectivity index (χ2v) is 4.56. The average molecular weight is 226 g/mol. The summed E-state index contributed by atoms with van der Waals surface area (Å²) in [5, 5.41) is 9.98. The minimum Gasteiger partial charge on any atom is -0.388 e. The van der Waals surface area contributed by atoms with E-state index in [0.717, 1.165) is 29.7 Å². The number of nitrogens with two attached hydrogens (primary N) is 1. The average Bonchev–Trinajstić information content (AvgIpc) is 2.18. The van der Waals surface area contributed by atoms with Crippen LogP contribution in [0.2, 0.25) is 0 Å². The van der Waals surface area contributed by atoms with E-state index in [2.05, 4.69) is 11.2 Å². The van der Waals surface area contributed by atoms with Gasteiger partial charge in [-0.3, -0.25) is 0 Å². The number of aliphatic hydroxyl groups excluding tert-OH is 1. The Kier molecular flexibility index (Phi) is 4.91. The van der Waals surface area contributed by atoms with Crippen LogP contribution in [0.3, 0.4) is 0 Å². The molecule has 0 aromatic carbocycles. The highest BCUT2D eigenvalue weighted by atomic mass is 32.2. The quantitative estimate of drug-likeness (QED) is 0.755. The van der Waals surface area contributed by atoms with E-state index in [9.17, 15) is 5.11 Å². The van der Waals surface area contributed by atoms with Crippen molar-refractivity contribution in [2.75, 3.05) is 17.7 Å². The first-order chi connectivity index (χ1) is 7.16. The Balaban J connectivity index is 2.68. The molecule has 1 unspecified atom stereocenters. The van der Waals surface area contributed by atoms with Crippen LogP contribution in [0.5, 0.6) is 0 Å². The largest absolute Gasteiger partial charge is 0.388 e. The lowest BCUT2D eigenvalue weighted by atomic mass is 10.0. The smallest absolute Gasteiger partial charge is 0.129 e. The van der Waals surface area contributed by atoms with Gasteiger partial charge in [-0.25, -0.2) is 4.98 Å². The van der Waals surface area contributed by atoms with Gasteiger partial charge in [-0.05, 0) is 43.4 Å². The molecule has 0 saturated carbocycles. The summed E-state index contributed by atoms with van der Waals surface area (Å²) < 4.78 is 0. The zero-order chi connectivity index (χ0) is 11.3. The molecule has 0 spiro atoms. The number of thioether (sulfide) groups is 1. The minimum atomic E-state index is -0.481. The number of aryl methyl sites for hydroxylation is 1. The summed E-state index contributed by atoms with van der Waals surface area (Å²) in [5.74, 6) is 1.52. The maximum absolute atomic E-state index is 9.98. The number of rotatable bonds is 5. The molecule has 4 heteroatoms. The van der Waals surface area contributed by atoms with Crippen molar-refractivity contribution in [2.24, 2.45) is 0 Å². The lowest BCUT2D eigenvalue weighted by Gasteiger charge is -2.14. The SMILES string of the molecule is CSCCCC(O)c1c(C)ccnc1N. The molecule has 1 heterocycles. The molecular weight excluding hydrogens is 208 g/mol. The summed E-state index contributed by atoms with van der Waals surface area (Å²) in [6, 6.07) is 1.88. The Bertz CT molecular complexity index is 297. The highest BCUT2D eigenvalue weighted by Crippen LogP contribution is 2.26. The summed E-state index contributed by atoms with van der Waals surface area (Å²) >= 11 is 1.79. The Hall–Kier alpha value is -0.740. The lowest BCUT2D eigenvalue weighted by molar-refractivity contribution is 0.166. The molecule has 1 aromatic rings. The standard InChI is InChI=1S/C11H18N2OS/c1-8-5-6-13-11(12)10(8)9(14)4-3-7-15-2/h5-6,9,14H,3-4,7H2,1-2H3,(H2,12,13). The zero-order valence-electron chi connectivity index (χ0n) is 9.23. The van der Waals surface area contributed by atoms with Gasteiger partial charge < -0.3 is 10.8 Å². The Morgan fingerprint density at radius 1 is 1.60 bits per heavy atom. The molecule has 0 aliphatic heterocycles. The number of anilines is 1. The molecule has 1 aromatic heterocycles. The van der Waals surface area contributed by atoms with Gasteiger partial charge in [0.2, 0.25) is 0 Å². The van der Waals surface area contributed by atoms with Crippen molar-refractivity contribution < 1.29 is 5.11 Å². The number of aliphatic hydroxyl groups is 1. The van der Waals surface area contributed by atoms with Gasteiger partial charge in [-0.2, -0.15) is 11.8 Å². The molecular formula is C11H18N2OS. The maximum atomic E-state index is 9.98. The van der Waals surface area contributed by atoms with Gasteiger partial charge in [0.15, 0.2) is 0 Å². The van der Waals surface area contributed by atoms with Crippen LogP contribution >= 0.6 is 11.8 Å². The van der Waals surface area contributed by atoms with E-state index in [0.29, 0.717) is 5.82 Å². The van der Waals surface area contributed by atoms with Crippen LogP contribution in [0, 0.1) is 6.92 Å². The summed E-state index contributed by atoms with van der Waals surface area (Å²) in [6.07, 6.45) is 5.00. The normalized spacial score (nSPS) is 12.7. The molecule has 3 nitrogen and oxygen atoms in total. The lowest BCUT2D eigenvalue weighted by Crippen LogP contribution is -2.06. The number of nitrogens with zero attached hydrogens (tertiary/aromatic N) is 1. The molecule has 0 amide bonds. The summed E-state index contributed by atoms with van der Waals surface area (Å²) in [6.45, 7) is 1.95. The fourth-order valence-corrected chi connectivity index (χ4v) is 2.04. The summed E-state index contributed by atoms with van der Waals surface area (Å²) in [4.78, 5) is 4.00. The second-order valence-electron chi connectivity index (χ2n) is 3.58. The zero-order valence-corrected chi connectivity index (χ0v) is 10.0. The van der Waals surface area contributed by atoms with E-state index in [4.69, 9.17) is 5.73 Å². The second kappa shape index (κ2) is 5.98. The van der Waals surface area contributed by atoms with Gasteiger partial charge in [0.05, 0.1) is 6.10 Å². The van der Waals surface area contributed by atoms with Gasteiger partial charge in [-0.1, -0.05) is 0 Å². The molecule has 0 fully saturated rings. The fraction of sp³-hybridized carbons (Fsp3) is 0.545. The highest BCUT2D eigenvalue weighted by molar-refractivity contribution is 7.98. The predicted octanol–water partition coefficient (Wildman–Crippen LogP) is 2.15. The van der Waals surface area contributed by atoms with Crippen LogP contribution < -0.4 is 5.73 Å². The number of pyridine rings is 1. The number of nitrogen functional groups attached to an aromatic ring is 1. The van der Waals surface area contributed by atoms with Gasteiger partial charge in [0.1, 0.15) is 5.82 Å². The molecule has 0 aliphatic rings. The van der Waals surface area contributed by atoms with Crippen molar-refractivity contribution in [3.05, 3.63) is 23.4 Å². The highest BCUT2D eigenvalue weighted by Gasteiger charge is 2.13. The number of hydrogen-bond acceptors (Lipinski definition) is 4.